The highest BCUT2D eigenvalue weighted by atomic mass is 35.5. The first-order valence-corrected chi connectivity index (χ1v) is 13.9. The second-order valence-electron chi connectivity index (χ2n) is 8.51. The molecule has 0 saturated carbocycles. The van der Waals surface area contributed by atoms with E-state index in [4.69, 9.17) is 28.2 Å². The summed E-state index contributed by atoms with van der Waals surface area (Å²) in [6.45, 7) is 2.27. The number of nitrogens with zero attached hydrogens (tertiary/aromatic N) is 2. The Labute approximate surface area is 221 Å². The average Bonchev–Trinajstić information content (AvgIpc) is 3.22. The van der Waals surface area contributed by atoms with Crippen LogP contribution in [-0.2, 0) is 24.2 Å². The highest BCUT2D eigenvalue weighted by Gasteiger charge is 2.24. The minimum Gasteiger partial charge on any atom is -0.351 e. The molecule has 9 heteroatoms. The molecule has 1 aliphatic rings. The molecule has 4 aromatic rings. The lowest BCUT2D eigenvalue weighted by Crippen LogP contribution is -2.26. The Morgan fingerprint density at radius 2 is 1.97 bits per heavy atom. The van der Waals surface area contributed by atoms with Crippen molar-refractivity contribution in [2.75, 3.05) is 5.75 Å². The molecule has 0 unspecified atom stereocenters. The van der Waals surface area contributed by atoms with Crippen LogP contribution in [0.1, 0.15) is 34.4 Å². The molecule has 0 radical (unpaired) electrons. The van der Waals surface area contributed by atoms with Crippen LogP contribution in [0.15, 0.2) is 52.4 Å². The zero-order valence-electron chi connectivity index (χ0n) is 19.1. The zero-order chi connectivity index (χ0) is 24.5. The van der Waals surface area contributed by atoms with Crippen molar-refractivity contribution in [2.24, 2.45) is 0 Å². The predicted molar refractivity (Wildman–Crippen MR) is 146 cm³/mol. The molecule has 0 bridgehead atoms. The normalized spacial score (nSPS) is 13.1. The van der Waals surface area contributed by atoms with Gasteiger partial charge in [-0.05, 0) is 73.6 Å². The first kappa shape index (κ1) is 24.4. The number of amides is 1. The van der Waals surface area contributed by atoms with Crippen molar-refractivity contribution in [3.8, 4) is 5.69 Å². The number of thioether (sulfide) groups is 1. The molecular formula is C26H23Cl2N3O2S2. The number of hydrogen-bond acceptors (Lipinski definition) is 5. The second-order valence-corrected chi connectivity index (χ2v) is 11.4. The summed E-state index contributed by atoms with van der Waals surface area (Å²) in [5, 5.41) is 5.32. The van der Waals surface area contributed by atoms with E-state index in [0.717, 1.165) is 47.2 Å². The van der Waals surface area contributed by atoms with Gasteiger partial charge in [-0.1, -0.05) is 53.2 Å². The van der Waals surface area contributed by atoms with E-state index < -0.39 is 0 Å². The van der Waals surface area contributed by atoms with Gasteiger partial charge >= 0.3 is 0 Å². The van der Waals surface area contributed by atoms with Gasteiger partial charge in [-0.25, -0.2) is 4.98 Å². The predicted octanol–water partition coefficient (Wildman–Crippen LogP) is 6.35. The van der Waals surface area contributed by atoms with Crippen LogP contribution in [0.5, 0.6) is 0 Å². The lowest BCUT2D eigenvalue weighted by Gasteiger charge is -2.16. The van der Waals surface area contributed by atoms with Crippen LogP contribution in [0, 0.1) is 6.92 Å². The molecule has 5 rings (SSSR count). The fraction of sp³-hybridized carbons (Fsp3) is 0.269. The minimum absolute atomic E-state index is 0.0957. The van der Waals surface area contributed by atoms with Crippen LogP contribution in [0.3, 0.4) is 0 Å². The summed E-state index contributed by atoms with van der Waals surface area (Å²) >= 11 is 15.3. The molecule has 1 amide bonds. The molecule has 0 atom stereocenters. The Morgan fingerprint density at radius 3 is 2.80 bits per heavy atom. The Morgan fingerprint density at radius 1 is 1.17 bits per heavy atom. The van der Waals surface area contributed by atoms with E-state index in [0.29, 0.717) is 32.8 Å². The van der Waals surface area contributed by atoms with Gasteiger partial charge in [0.05, 0.1) is 16.8 Å². The molecule has 0 fully saturated rings. The molecule has 1 aliphatic carbocycles. The number of aromatic nitrogens is 2. The standard InChI is InChI=1S/C26H23Cl2N3O2S2/c1-15-19(28)9-5-10-20(15)31-25(33)23-18-8-2-3-11-21(18)35-24(23)30-26(31)34-14-22(32)29-13-16-6-4-7-17(27)12-16/h4-7,9-10,12H,2-3,8,11,13-14H2,1H3,(H,29,32). The summed E-state index contributed by atoms with van der Waals surface area (Å²) in [5.41, 5.74) is 3.45. The van der Waals surface area contributed by atoms with Crippen molar-refractivity contribution >= 4 is 62.4 Å². The van der Waals surface area contributed by atoms with E-state index >= 15 is 0 Å². The number of thiophene rings is 1. The third kappa shape index (κ3) is 5.00. The number of benzene rings is 2. The number of halogens is 2. The lowest BCUT2D eigenvalue weighted by atomic mass is 9.97. The van der Waals surface area contributed by atoms with Crippen molar-refractivity contribution in [3.63, 3.8) is 0 Å². The third-order valence-electron chi connectivity index (χ3n) is 6.15. The van der Waals surface area contributed by atoms with Crippen LogP contribution in [0.2, 0.25) is 10.0 Å². The maximum absolute atomic E-state index is 13.9. The molecule has 2 heterocycles. The fourth-order valence-electron chi connectivity index (χ4n) is 4.36. The number of fused-ring (bicyclic) bond motifs is 3. The second kappa shape index (κ2) is 10.3. The van der Waals surface area contributed by atoms with E-state index in [-0.39, 0.29) is 17.2 Å². The Hall–Kier alpha value is -2.32. The van der Waals surface area contributed by atoms with Gasteiger partial charge in [0.15, 0.2) is 5.16 Å². The molecular weight excluding hydrogens is 521 g/mol. The Balaban J connectivity index is 1.49. The first-order chi connectivity index (χ1) is 16.9. The van der Waals surface area contributed by atoms with Gasteiger partial charge in [-0.3, -0.25) is 14.2 Å². The van der Waals surface area contributed by atoms with Crippen molar-refractivity contribution in [2.45, 2.75) is 44.3 Å². The summed E-state index contributed by atoms with van der Waals surface area (Å²) in [6, 6.07) is 12.9. The smallest absolute Gasteiger partial charge is 0.267 e. The highest BCUT2D eigenvalue weighted by Crippen LogP contribution is 2.35. The maximum atomic E-state index is 13.9. The summed E-state index contributed by atoms with van der Waals surface area (Å²) in [4.78, 5) is 33.4. The fourth-order valence-corrected chi connectivity index (χ4v) is 6.88. The first-order valence-electron chi connectivity index (χ1n) is 11.4. The summed E-state index contributed by atoms with van der Waals surface area (Å²) < 4.78 is 1.63. The van der Waals surface area contributed by atoms with Crippen LogP contribution in [0.4, 0.5) is 0 Å². The van der Waals surface area contributed by atoms with Gasteiger partial charge in [0, 0.05) is 21.5 Å². The van der Waals surface area contributed by atoms with Crippen molar-refractivity contribution < 1.29 is 4.79 Å². The number of aryl methyl sites for hydroxylation is 2. The largest absolute Gasteiger partial charge is 0.351 e. The number of rotatable bonds is 6. The van der Waals surface area contributed by atoms with Crippen molar-refractivity contribution in [3.05, 3.63) is 84.4 Å². The molecule has 0 aliphatic heterocycles. The Bertz CT molecular complexity index is 1500. The van der Waals surface area contributed by atoms with E-state index in [9.17, 15) is 9.59 Å². The van der Waals surface area contributed by atoms with Crippen LogP contribution < -0.4 is 10.9 Å². The summed E-state index contributed by atoms with van der Waals surface area (Å²) in [7, 11) is 0. The molecule has 35 heavy (non-hydrogen) atoms. The Kier molecular flexibility index (Phi) is 7.21. The molecule has 1 N–H and O–H groups in total. The molecule has 0 spiro atoms. The summed E-state index contributed by atoms with van der Waals surface area (Å²) in [5.74, 6) is -0.0207. The quantitative estimate of drug-likeness (QED) is 0.227. The van der Waals surface area contributed by atoms with Gasteiger partial charge in [0.25, 0.3) is 5.56 Å². The molecule has 0 saturated heterocycles. The molecule has 2 aromatic heterocycles. The van der Waals surface area contributed by atoms with Crippen molar-refractivity contribution in [1.82, 2.24) is 14.9 Å². The molecule has 5 nitrogen and oxygen atoms in total. The zero-order valence-corrected chi connectivity index (χ0v) is 22.2. The molecule has 180 valence electrons. The van der Waals surface area contributed by atoms with E-state index in [1.165, 1.54) is 16.6 Å². The van der Waals surface area contributed by atoms with Crippen molar-refractivity contribution in [1.29, 1.82) is 0 Å². The van der Waals surface area contributed by atoms with Gasteiger partial charge in [-0.2, -0.15) is 0 Å². The van der Waals surface area contributed by atoms with Gasteiger partial charge in [0.1, 0.15) is 4.83 Å². The maximum Gasteiger partial charge on any atom is 0.267 e. The number of nitrogens with one attached hydrogen (secondary N) is 1. The lowest BCUT2D eigenvalue weighted by molar-refractivity contribution is -0.118. The SMILES string of the molecule is Cc1c(Cl)cccc1-n1c(SCC(=O)NCc2cccc(Cl)c2)nc2sc3c(c2c1=O)CCCC3. The monoisotopic (exact) mass is 543 g/mol. The average molecular weight is 545 g/mol. The topological polar surface area (TPSA) is 64.0 Å². The van der Waals surface area contributed by atoms with Gasteiger partial charge in [-0.15, -0.1) is 11.3 Å². The number of carbonyl (C=O) groups is 1. The number of carbonyl (C=O) groups excluding carboxylic acids is 1. The summed E-state index contributed by atoms with van der Waals surface area (Å²) in [6.07, 6.45) is 4.10. The third-order valence-corrected chi connectivity index (χ3v) is 8.92. The van der Waals surface area contributed by atoms with Crippen LogP contribution in [0.25, 0.3) is 15.9 Å². The van der Waals surface area contributed by atoms with Crippen LogP contribution in [-0.4, -0.2) is 21.2 Å². The highest BCUT2D eigenvalue weighted by molar-refractivity contribution is 7.99. The van der Waals surface area contributed by atoms with Crippen LogP contribution >= 0.6 is 46.3 Å². The minimum atomic E-state index is -0.149. The van der Waals surface area contributed by atoms with E-state index in [2.05, 4.69) is 5.32 Å². The van der Waals surface area contributed by atoms with Gasteiger partial charge in [0.2, 0.25) is 5.91 Å². The van der Waals surface area contributed by atoms with E-state index in [1.54, 1.807) is 28.0 Å². The molecule has 2 aromatic carbocycles. The number of hydrogen-bond donors (Lipinski definition) is 1. The van der Waals surface area contributed by atoms with Gasteiger partial charge < -0.3 is 5.32 Å². The van der Waals surface area contributed by atoms with E-state index in [1.807, 2.05) is 37.3 Å².